The van der Waals surface area contributed by atoms with Gasteiger partial charge in [-0.3, -0.25) is 20.4 Å². The Morgan fingerprint density at radius 1 is 0.195 bits per heavy atom. The van der Waals surface area contributed by atoms with Crippen molar-refractivity contribution >= 4 is 34.1 Å². The van der Waals surface area contributed by atoms with Crippen molar-refractivity contribution in [2.45, 2.75) is 136 Å². The quantitative estimate of drug-likeness (QED) is 0.0946. The summed E-state index contributed by atoms with van der Waals surface area (Å²) >= 11 is 0. The maximum Gasteiger partial charge on any atom is 0.161 e. The monoisotopic (exact) mass is 1980 g/mol. The fourth-order valence-electron chi connectivity index (χ4n) is 21.3. The van der Waals surface area contributed by atoms with E-state index in [0.717, 1.165) is 136 Å². The molecule has 0 radical (unpaired) electrons. The molecule has 149 heavy (non-hydrogen) atoms. The molecule has 0 amide bonds. The minimum absolute atomic E-state index is 0.0733. The Kier molecular flexibility index (Phi) is 28.7. The van der Waals surface area contributed by atoms with Gasteiger partial charge in [0.05, 0.1) is 0 Å². The lowest BCUT2D eigenvalue weighted by Crippen LogP contribution is -2.32. The Labute approximate surface area is 876 Å². The molecule has 16 aromatic rings. The van der Waals surface area contributed by atoms with Gasteiger partial charge in [-0.05, 0) is 265 Å². The van der Waals surface area contributed by atoms with Crippen LogP contribution in [0.25, 0.3) is 0 Å². The van der Waals surface area contributed by atoms with E-state index in [9.17, 15) is 0 Å². The lowest BCUT2D eigenvalue weighted by atomic mass is 9.77. The molecule has 26 rings (SSSR count). The first-order chi connectivity index (χ1) is 72.8. The predicted octanol–water partition coefficient (Wildman–Crippen LogP) is 25.2. The van der Waals surface area contributed by atoms with Gasteiger partial charge in [0.15, 0.2) is 40.4 Å². The third-order valence-corrected chi connectivity index (χ3v) is 30.2. The predicted molar refractivity (Wildman–Crippen MR) is 594 cm³/mol. The average molecular weight is 1980 g/mol. The lowest BCUT2D eigenvalue weighted by Gasteiger charge is -2.34. The highest BCUT2D eigenvalue weighted by atomic mass is 16.5. The highest BCUT2D eigenvalue weighted by Crippen LogP contribution is 2.46. The van der Waals surface area contributed by atoms with Crippen molar-refractivity contribution in [3.05, 3.63) is 475 Å². The first kappa shape index (κ1) is 97.9. The fourth-order valence-corrected chi connectivity index (χ4v) is 21.3. The van der Waals surface area contributed by atoms with E-state index in [1.807, 2.05) is 36.4 Å². The molecular formula is C129H130N10O10. The molecule has 10 aliphatic heterocycles. The van der Waals surface area contributed by atoms with Crippen LogP contribution in [0.4, 0.5) is 34.1 Å². The van der Waals surface area contributed by atoms with E-state index in [1.54, 1.807) is 0 Å². The molecule has 756 valence electrons. The normalized spacial score (nSPS) is 15.7. The molecule has 0 spiro atoms. The summed E-state index contributed by atoms with van der Waals surface area (Å²) in [6, 6.07) is 129. The average Bonchev–Trinajstić information content (AvgIpc) is 0.772. The second kappa shape index (κ2) is 43.7. The van der Waals surface area contributed by atoms with Gasteiger partial charge in [0.1, 0.15) is 84.4 Å². The van der Waals surface area contributed by atoms with Gasteiger partial charge < -0.3 is 76.8 Å². The molecular weight excluding hydrogens is 1850 g/mol. The van der Waals surface area contributed by atoms with Gasteiger partial charge in [-0.1, -0.05) is 224 Å². The second-order valence-corrected chi connectivity index (χ2v) is 41.8. The Morgan fingerprint density at radius 2 is 0.376 bits per heavy atom. The number of anilines is 6. The van der Waals surface area contributed by atoms with Gasteiger partial charge in [0, 0.05) is 171 Å². The fraction of sp³-hybridized carbons (Fsp3) is 0.256. The molecule has 0 saturated carbocycles. The van der Waals surface area contributed by atoms with Crippen LogP contribution >= 0.6 is 0 Å². The summed E-state index contributed by atoms with van der Waals surface area (Å²) in [7, 11) is 4.17. The maximum absolute atomic E-state index is 6.10. The number of nitrogens with zero attached hydrogens (tertiary/aromatic N) is 8. The van der Waals surface area contributed by atoms with Crippen LogP contribution in [0.2, 0.25) is 0 Å². The highest BCUT2D eigenvalue weighted by molar-refractivity contribution is 5.62. The third-order valence-electron chi connectivity index (χ3n) is 30.2. The minimum Gasteiger partial charge on any atom is -0.478 e. The zero-order chi connectivity index (χ0) is 101. The molecule has 0 aliphatic carbocycles. The van der Waals surface area contributed by atoms with Crippen LogP contribution in [0.3, 0.4) is 0 Å². The molecule has 10 aliphatic rings. The van der Waals surface area contributed by atoms with Gasteiger partial charge in [0.25, 0.3) is 0 Å². The smallest absolute Gasteiger partial charge is 0.161 e. The summed E-state index contributed by atoms with van der Waals surface area (Å²) < 4.78 is 59.2. The van der Waals surface area contributed by atoms with E-state index in [4.69, 9.17) is 47.4 Å². The molecule has 0 saturated heterocycles. The van der Waals surface area contributed by atoms with Gasteiger partial charge in [-0.15, -0.1) is 0 Å². The second-order valence-electron chi connectivity index (χ2n) is 41.8. The number of hydrogen-bond donors (Lipinski definition) is 2. The number of ether oxygens (including phenoxy) is 10. The van der Waals surface area contributed by atoms with Crippen molar-refractivity contribution in [1.29, 1.82) is 0 Å². The number of nitrogens with one attached hydrogen (secondary N) is 2. The highest BCUT2D eigenvalue weighted by Gasteiger charge is 2.35. The van der Waals surface area contributed by atoms with Crippen molar-refractivity contribution in [3.63, 3.8) is 0 Å². The van der Waals surface area contributed by atoms with Crippen LogP contribution in [-0.4, -0.2) is 91.2 Å². The lowest BCUT2D eigenvalue weighted by molar-refractivity contribution is 0.121. The molecule has 16 aromatic carbocycles. The summed E-state index contributed by atoms with van der Waals surface area (Å²) in [6.45, 7) is 28.5. The zero-order valence-corrected chi connectivity index (χ0v) is 86.4. The van der Waals surface area contributed by atoms with Crippen LogP contribution in [0, 0.1) is 0 Å². The zero-order valence-electron chi connectivity index (χ0n) is 86.4. The van der Waals surface area contributed by atoms with Gasteiger partial charge in [-0.25, -0.2) is 0 Å². The molecule has 0 unspecified atom stereocenters. The van der Waals surface area contributed by atoms with Crippen molar-refractivity contribution in [1.82, 2.24) is 20.4 Å². The maximum atomic E-state index is 6.10. The van der Waals surface area contributed by atoms with Crippen LogP contribution < -0.4 is 87.4 Å². The van der Waals surface area contributed by atoms with E-state index in [2.05, 4.69) is 433 Å². The molecule has 0 fully saturated rings. The van der Waals surface area contributed by atoms with Crippen LogP contribution in [0.1, 0.15) is 153 Å². The Hall–Kier alpha value is -15.8. The number of rotatable bonds is 16. The first-order valence-electron chi connectivity index (χ1n) is 51.9. The van der Waals surface area contributed by atoms with E-state index >= 15 is 0 Å². The van der Waals surface area contributed by atoms with Crippen LogP contribution in [-0.2, 0) is 94.5 Å². The topological polar surface area (TPSA) is 142 Å². The first-order valence-corrected chi connectivity index (χ1v) is 51.9. The summed E-state index contributed by atoms with van der Waals surface area (Å²) in [6.07, 6.45) is 1.82. The summed E-state index contributed by atoms with van der Waals surface area (Å²) in [5.74, 6) is 9.93. The van der Waals surface area contributed by atoms with Crippen LogP contribution in [0.5, 0.6) is 57.5 Å². The molecule has 20 nitrogen and oxygen atoms in total. The number of para-hydroxylation sites is 6. The van der Waals surface area contributed by atoms with E-state index in [-0.39, 0.29) is 16.2 Å². The van der Waals surface area contributed by atoms with Crippen molar-refractivity contribution < 1.29 is 47.4 Å². The number of fused-ring (bicyclic) bond motifs is 10. The Morgan fingerprint density at radius 3 is 0.597 bits per heavy atom. The Bertz CT molecular complexity index is 6750. The van der Waals surface area contributed by atoms with Gasteiger partial charge >= 0.3 is 0 Å². The van der Waals surface area contributed by atoms with E-state index in [0.29, 0.717) is 67.3 Å². The van der Waals surface area contributed by atoms with Crippen LogP contribution in [0.15, 0.2) is 364 Å². The SMILES string of the molecule is CC(C)(c1ccc2c(c1)CN(c1ccccc1)CO2)c1ccc2c(c1)CN(c1ccccc1)CO2.CC(C)(c1ccc2c(c1)CN(c1ccccc1)CO2)c1ccc2c(c1)CN(c1ccccc1)CO2.CN1COc2ccc(C(C)(C)c3ccc4c(c3)CN(C)CO4)cc2C1.c1cc2c(cc1Cc1ccc3c(c1)CNCO3)CNCO2.c1ccc(N2COc3ccc(Cc4ccc5c(c4)CN(c4ccccc4)CO5)cc3C2)cc1. The third kappa shape index (κ3) is 22.4. The largest absolute Gasteiger partial charge is 0.478 e. The van der Waals surface area contributed by atoms with E-state index < -0.39 is 0 Å². The summed E-state index contributed by atoms with van der Waals surface area (Å²) in [5.41, 5.74) is 32.1. The molecule has 0 bridgehead atoms. The number of hydrogen-bond acceptors (Lipinski definition) is 20. The van der Waals surface area contributed by atoms with Crippen molar-refractivity contribution in [2.24, 2.45) is 0 Å². The molecule has 0 aromatic heterocycles. The Balaban J connectivity index is 0.000000107. The standard InChI is InChI=1S/2C31H30N2O2.C29H26N2O2.C21H26N2O2.C17H18N2O2/c2*1-31(2,25-13-15-29-23(17-25)19-32(21-34-29)27-9-5-3-6-10-27)26-14-16-30-24(18-26)20-33(22-35-30)28-11-7-4-8-12-28;1-3-7-26(8-4-1)30-18-24-16-22(11-13-28(24)32-20-30)15-23-12-14-29-25(17-23)19-31(21-33-29)27-9-5-2-6-10-27;1-21(2,17-5-7-19-15(9-17)11-22(3)13-24-19)18-6-8-20-16(10-18)12-23(4)14-25-20;1-3-16-14(8-18-10-20-16)6-12(1)5-13-2-4-17-15(7-13)9-19-11-21-17/h2*3-18H,19-22H2,1-2H3;1-14,16-17H,15,18-21H2;5-10H,11-14H2,1-4H3;1-4,6-7,18-19H,5,8-11H2. The summed E-state index contributed by atoms with van der Waals surface area (Å²) in [5, 5.41) is 6.45. The van der Waals surface area contributed by atoms with E-state index in [1.165, 1.54) is 145 Å². The van der Waals surface area contributed by atoms with Gasteiger partial charge in [0.2, 0.25) is 0 Å². The van der Waals surface area contributed by atoms with Gasteiger partial charge in [-0.2, -0.15) is 0 Å². The molecule has 2 N–H and O–H groups in total. The number of benzene rings is 16. The summed E-state index contributed by atoms with van der Waals surface area (Å²) in [4.78, 5) is 18.0. The molecule has 0 atom stereocenters. The minimum atomic E-state index is -0.159. The van der Waals surface area contributed by atoms with Crippen molar-refractivity contribution in [2.75, 3.05) is 111 Å². The molecule has 20 heteroatoms. The van der Waals surface area contributed by atoms with Crippen molar-refractivity contribution in [3.8, 4) is 57.5 Å². The molecule has 10 heterocycles.